The maximum atomic E-state index is 13.0. The molecule has 2 saturated heterocycles. The summed E-state index contributed by atoms with van der Waals surface area (Å²) in [5.41, 5.74) is 1.42. The number of rotatable bonds is 6. The molecule has 0 spiro atoms. The molecule has 0 aromatic heterocycles. The standard InChI is InChI=1S/C18H23N3O3S/c1-2-8-20(15-6-7-19-10-15)17(23)14-5-3-4-13(9-14)11-21-16(22)12-25-18(21)24/h3-5,9,15,19H,2,6-8,10-12H2,1H3. The molecular formula is C18H23N3O3S. The molecule has 1 aromatic rings. The number of amides is 3. The minimum Gasteiger partial charge on any atom is -0.334 e. The molecule has 7 heteroatoms. The molecule has 3 amide bonds. The fourth-order valence-electron chi connectivity index (χ4n) is 3.28. The Morgan fingerprint density at radius 1 is 1.40 bits per heavy atom. The third kappa shape index (κ3) is 4.04. The van der Waals surface area contributed by atoms with Crippen LogP contribution in [-0.2, 0) is 11.3 Å². The summed E-state index contributed by atoms with van der Waals surface area (Å²) in [5.74, 6) is 0.0541. The molecule has 0 saturated carbocycles. The molecule has 2 aliphatic heterocycles. The van der Waals surface area contributed by atoms with Crippen LogP contribution in [0.15, 0.2) is 24.3 Å². The van der Waals surface area contributed by atoms with E-state index in [0.29, 0.717) is 5.56 Å². The number of nitrogens with one attached hydrogen (secondary N) is 1. The normalized spacial score (nSPS) is 20.4. The first kappa shape index (κ1) is 17.9. The van der Waals surface area contributed by atoms with Gasteiger partial charge in [0.2, 0.25) is 5.91 Å². The van der Waals surface area contributed by atoms with Crippen LogP contribution >= 0.6 is 11.8 Å². The lowest BCUT2D eigenvalue weighted by Gasteiger charge is -2.28. The fourth-order valence-corrected chi connectivity index (χ4v) is 4.01. The zero-order chi connectivity index (χ0) is 17.8. The third-order valence-electron chi connectivity index (χ3n) is 4.56. The summed E-state index contributed by atoms with van der Waals surface area (Å²) in [6, 6.07) is 7.50. The first-order valence-corrected chi connectivity index (χ1v) is 9.66. The second-order valence-electron chi connectivity index (χ2n) is 6.38. The molecule has 1 aromatic carbocycles. The summed E-state index contributed by atoms with van der Waals surface area (Å²) in [5, 5.41) is 3.09. The molecule has 1 unspecified atom stereocenters. The molecule has 3 rings (SSSR count). The molecule has 1 atom stereocenters. The number of nitrogens with zero attached hydrogens (tertiary/aromatic N) is 2. The SMILES string of the molecule is CCCN(C(=O)c1cccc(CN2C(=O)CSC2=O)c1)C1CCNC1. The molecule has 1 N–H and O–H groups in total. The van der Waals surface area contributed by atoms with Gasteiger partial charge in [0.25, 0.3) is 11.1 Å². The van der Waals surface area contributed by atoms with Crippen molar-refractivity contribution in [2.24, 2.45) is 0 Å². The average molecular weight is 361 g/mol. The quantitative estimate of drug-likeness (QED) is 0.840. The molecule has 2 fully saturated rings. The van der Waals surface area contributed by atoms with Gasteiger partial charge in [-0.3, -0.25) is 19.3 Å². The van der Waals surface area contributed by atoms with Crippen molar-refractivity contribution in [2.45, 2.75) is 32.4 Å². The van der Waals surface area contributed by atoms with E-state index in [1.807, 2.05) is 17.0 Å². The Balaban J connectivity index is 1.76. The summed E-state index contributed by atoms with van der Waals surface area (Å²) >= 11 is 1.03. The highest BCUT2D eigenvalue weighted by Crippen LogP contribution is 2.22. The predicted molar refractivity (Wildman–Crippen MR) is 97.4 cm³/mol. The Labute approximate surface area is 151 Å². The minimum atomic E-state index is -0.216. The molecule has 0 bridgehead atoms. The van der Waals surface area contributed by atoms with Gasteiger partial charge in [-0.2, -0.15) is 0 Å². The van der Waals surface area contributed by atoms with Crippen molar-refractivity contribution in [1.29, 1.82) is 0 Å². The highest BCUT2D eigenvalue weighted by molar-refractivity contribution is 8.14. The van der Waals surface area contributed by atoms with E-state index in [9.17, 15) is 14.4 Å². The van der Waals surface area contributed by atoms with Crippen LogP contribution in [0.2, 0.25) is 0 Å². The van der Waals surface area contributed by atoms with Gasteiger partial charge >= 0.3 is 0 Å². The summed E-state index contributed by atoms with van der Waals surface area (Å²) in [6.45, 7) is 4.80. The van der Waals surface area contributed by atoms with E-state index in [0.717, 1.165) is 49.8 Å². The van der Waals surface area contributed by atoms with E-state index in [1.54, 1.807) is 12.1 Å². The predicted octanol–water partition coefficient (Wildman–Crippen LogP) is 2.10. The second kappa shape index (κ2) is 8.01. The highest BCUT2D eigenvalue weighted by atomic mass is 32.2. The van der Waals surface area contributed by atoms with E-state index in [2.05, 4.69) is 12.2 Å². The number of benzene rings is 1. The minimum absolute atomic E-state index is 0.0193. The topological polar surface area (TPSA) is 69.7 Å². The summed E-state index contributed by atoms with van der Waals surface area (Å²) < 4.78 is 0. The van der Waals surface area contributed by atoms with Crippen molar-refractivity contribution in [3.63, 3.8) is 0 Å². The molecule has 0 aliphatic carbocycles. The van der Waals surface area contributed by atoms with Crippen LogP contribution in [0.25, 0.3) is 0 Å². The third-order valence-corrected chi connectivity index (χ3v) is 5.41. The Morgan fingerprint density at radius 3 is 2.88 bits per heavy atom. The first-order valence-electron chi connectivity index (χ1n) is 8.68. The Hall–Kier alpha value is -1.86. The number of imide groups is 1. The number of hydrogen-bond donors (Lipinski definition) is 1. The number of thioether (sulfide) groups is 1. The van der Waals surface area contributed by atoms with Gasteiger partial charge in [0.1, 0.15) is 0 Å². The lowest BCUT2D eigenvalue weighted by Crippen LogP contribution is -2.42. The van der Waals surface area contributed by atoms with Crippen LogP contribution in [0.5, 0.6) is 0 Å². The van der Waals surface area contributed by atoms with E-state index >= 15 is 0 Å². The van der Waals surface area contributed by atoms with Crippen LogP contribution in [0.4, 0.5) is 4.79 Å². The van der Waals surface area contributed by atoms with Crippen LogP contribution in [0.3, 0.4) is 0 Å². The summed E-state index contributed by atoms with van der Waals surface area (Å²) in [4.78, 5) is 39.7. The van der Waals surface area contributed by atoms with Crippen LogP contribution < -0.4 is 5.32 Å². The molecule has 25 heavy (non-hydrogen) atoms. The van der Waals surface area contributed by atoms with Crippen LogP contribution in [0.1, 0.15) is 35.7 Å². The molecular weight excluding hydrogens is 338 g/mol. The maximum absolute atomic E-state index is 13.0. The Morgan fingerprint density at radius 2 is 2.24 bits per heavy atom. The Kier molecular flexibility index (Phi) is 5.75. The lowest BCUT2D eigenvalue weighted by molar-refractivity contribution is -0.125. The van der Waals surface area contributed by atoms with Crippen molar-refractivity contribution in [1.82, 2.24) is 15.1 Å². The van der Waals surface area contributed by atoms with Crippen molar-refractivity contribution in [2.75, 3.05) is 25.4 Å². The molecule has 134 valence electrons. The van der Waals surface area contributed by atoms with Gasteiger partial charge in [-0.25, -0.2) is 0 Å². The first-order chi connectivity index (χ1) is 12.1. The molecule has 0 radical (unpaired) electrons. The van der Waals surface area contributed by atoms with Gasteiger partial charge in [-0.1, -0.05) is 30.8 Å². The monoisotopic (exact) mass is 361 g/mol. The van der Waals surface area contributed by atoms with Crippen LogP contribution in [-0.4, -0.2) is 58.3 Å². The number of carbonyl (C=O) groups excluding carboxylic acids is 3. The maximum Gasteiger partial charge on any atom is 0.289 e. The van der Waals surface area contributed by atoms with Gasteiger partial charge in [0, 0.05) is 24.7 Å². The smallest absolute Gasteiger partial charge is 0.289 e. The van der Waals surface area contributed by atoms with Crippen molar-refractivity contribution >= 4 is 28.8 Å². The van der Waals surface area contributed by atoms with Crippen molar-refractivity contribution < 1.29 is 14.4 Å². The van der Waals surface area contributed by atoms with Gasteiger partial charge in [-0.05, 0) is 37.1 Å². The number of hydrogen-bond acceptors (Lipinski definition) is 5. The Bertz CT molecular complexity index is 657. The summed E-state index contributed by atoms with van der Waals surface area (Å²) in [7, 11) is 0. The molecule has 2 aliphatic rings. The van der Waals surface area contributed by atoms with Crippen LogP contribution in [0, 0.1) is 0 Å². The molecule has 6 nitrogen and oxygen atoms in total. The van der Waals surface area contributed by atoms with Gasteiger partial charge in [0.15, 0.2) is 0 Å². The van der Waals surface area contributed by atoms with E-state index in [1.165, 1.54) is 4.90 Å². The van der Waals surface area contributed by atoms with Crippen molar-refractivity contribution in [3.05, 3.63) is 35.4 Å². The summed E-state index contributed by atoms with van der Waals surface area (Å²) in [6.07, 6.45) is 1.88. The lowest BCUT2D eigenvalue weighted by atomic mass is 10.1. The van der Waals surface area contributed by atoms with Gasteiger partial charge in [0.05, 0.1) is 12.3 Å². The second-order valence-corrected chi connectivity index (χ2v) is 7.31. The number of carbonyl (C=O) groups is 3. The zero-order valence-electron chi connectivity index (χ0n) is 14.4. The average Bonchev–Trinajstić information content (AvgIpc) is 3.25. The van der Waals surface area contributed by atoms with E-state index in [4.69, 9.17) is 0 Å². The highest BCUT2D eigenvalue weighted by Gasteiger charge is 2.30. The molecule has 2 heterocycles. The van der Waals surface area contributed by atoms with Gasteiger partial charge in [-0.15, -0.1) is 0 Å². The van der Waals surface area contributed by atoms with E-state index in [-0.39, 0.29) is 35.4 Å². The van der Waals surface area contributed by atoms with E-state index < -0.39 is 0 Å². The van der Waals surface area contributed by atoms with Crippen molar-refractivity contribution in [3.8, 4) is 0 Å². The zero-order valence-corrected chi connectivity index (χ0v) is 15.2. The fraction of sp³-hybridized carbons (Fsp3) is 0.500. The largest absolute Gasteiger partial charge is 0.334 e. The van der Waals surface area contributed by atoms with Gasteiger partial charge < -0.3 is 10.2 Å².